The van der Waals surface area contributed by atoms with Crippen LogP contribution < -0.4 is 5.73 Å². The molecule has 0 heterocycles. The topological polar surface area (TPSA) is 127 Å². The number of aliphatic hydroxyl groups is 1. The maximum atomic E-state index is 12.4. The zero-order chi connectivity index (χ0) is 15.7. The Kier molecular flexibility index (Phi) is 4.37. The van der Waals surface area contributed by atoms with Crippen LogP contribution in [-0.4, -0.2) is 41.9 Å². The molecule has 3 N–H and O–H groups in total. The van der Waals surface area contributed by atoms with Gasteiger partial charge in [-0.25, -0.2) is 8.42 Å². The average Bonchev–Trinajstić information content (AvgIpc) is 2.37. The third-order valence-corrected chi connectivity index (χ3v) is 5.17. The number of nitrogens with zero attached hydrogens (tertiary/aromatic N) is 2. The summed E-state index contributed by atoms with van der Waals surface area (Å²) in [7, 11) is -2.87. The third-order valence-electron chi connectivity index (χ3n) is 3.06. The molecule has 0 bridgehead atoms. The summed E-state index contributed by atoms with van der Waals surface area (Å²) in [5.74, 6) is 0. The SMILES string of the molecule is CN(C(C)(C)CO)S(=O)(=O)c1ccc(N)cc1[N+](=O)[O-]. The second kappa shape index (κ2) is 5.35. The van der Waals surface area contributed by atoms with Crippen LogP contribution in [0.4, 0.5) is 11.4 Å². The molecule has 0 atom stereocenters. The Morgan fingerprint density at radius 1 is 1.45 bits per heavy atom. The van der Waals surface area contributed by atoms with Crippen LogP contribution in [0.2, 0.25) is 0 Å². The molecule has 1 aromatic carbocycles. The van der Waals surface area contributed by atoms with Crippen molar-refractivity contribution in [3.63, 3.8) is 0 Å². The van der Waals surface area contributed by atoms with Crippen molar-refractivity contribution in [2.24, 2.45) is 0 Å². The number of nitro groups is 1. The van der Waals surface area contributed by atoms with Crippen LogP contribution in [0.25, 0.3) is 0 Å². The van der Waals surface area contributed by atoms with Gasteiger partial charge in [-0.3, -0.25) is 10.1 Å². The summed E-state index contributed by atoms with van der Waals surface area (Å²) in [4.78, 5) is 9.72. The van der Waals surface area contributed by atoms with E-state index in [0.717, 1.165) is 16.4 Å². The van der Waals surface area contributed by atoms with Gasteiger partial charge in [-0.15, -0.1) is 0 Å². The van der Waals surface area contributed by atoms with Crippen LogP contribution in [0, 0.1) is 10.1 Å². The highest BCUT2D eigenvalue weighted by Gasteiger charge is 2.37. The maximum absolute atomic E-state index is 12.4. The molecule has 0 saturated carbocycles. The summed E-state index contributed by atoms with van der Waals surface area (Å²) in [6, 6.07) is 3.36. The molecule has 0 aliphatic carbocycles. The van der Waals surface area contributed by atoms with E-state index < -0.39 is 37.7 Å². The van der Waals surface area contributed by atoms with Crippen molar-refractivity contribution >= 4 is 21.4 Å². The highest BCUT2D eigenvalue weighted by Crippen LogP contribution is 2.30. The van der Waals surface area contributed by atoms with Crippen LogP contribution in [-0.2, 0) is 10.0 Å². The van der Waals surface area contributed by atoms with Crippen molar-refractivity contribution < 1.29 is 18.4 Å². The van der Waals surface area contributed by atoms with E-state index in [4.69, 9.17) is 5.73 Å². The lowest BCUT2D eigenvalue weighted by Crippen LogP contribution is -2.47. The van der Waals surface area contributed by atoms with Gasteiger partial charge in [0.1, 0.15) is 0 Å². The number of likely N-dealkylation sites (N-methyl/N-ethyl adjacent to an activating group) is 1. The molecule has 0 unspecified atom stereocenters. The molecule has 0 aliphatic heterocycles. The van der Waals surface area contributed by atoms with Gasteiger partial charge in [-0.1, -0.05) is 0 Å². The summed E-state index contributed by atoms with van der Waals surface area (Å²) < 4.78 is 25.8. The van der Waals surface area contributed by atoms with E-state index in [-0.39, 0.29) is 5.69 Å². The molecular formula is C11H17N3O5S. The number of nitro benzene ring substituents is 1. The Balaban J connectivity index is 3.48. The third kappa shape index (κ3) is 2.89. The lowest BCUT2D eigenvalue weighted by atomic mass is 10.1. The standard InChI is InChI=1S/C11H17N3O5S/c1-11(2,7-15)13(3)20(18,19)10-5-4-8(12)6-9(10)14(16)17/h4-6,15H,7,12H2,1-3H3. The molecule has 1 rings (SSSR count). The lowest BCUT2D eigenvalue weighted by molar-refractivity contribution is -0.387. The minimum absolute atomic E-state index is 0.0970. The van der Waals surface area contributed by atoms with Crippen molar-refractivity contribution in [2.45, 2.75) is 24.3 Å². The number of anilines is 1. The number of nitrogens with two attached hydrogens (primary N) is 1. The first-order valence-electron chi connectivity index (χ1n) is 5.68. The van der Waals surface area contributed by atoms with E-state index in [0.29, 0.717) is 0 Å². The van der Waals surface area contributed by atoms with Gasteiger partial charge in [0.2, 0.25) is 10.0 Å². The fraction of sp³-hybridized carbons (Fsp3) is 0.455. The highest BCUT2D eigenvalue weighted by molar-refractivity contribution is 7.89. The first-order chi connectivity index (χ1) is 9.04. The van der Waals surface area contributed by atoms with Crippen LogP contribution in [0.5, 0.6) is 0 Å². The fourth-order valence-electron chi connectivity index (χ4n) is 1.47. The van der Waals surface area contributed by atoms with E-state index >= 15 is 0 Å². The molecule has 20 heavy (non-hydrogen) atoms. The van der Waals surface area contributed by atoms with Gasteiger partial charge in [-0.2, -0.15) is 4.31 Å². The quantitative estimate of drug-likeness (QED) is 0.465. The van der Waals surface area contributed by atoms with E-state index in [1.54, 1.807) is 0 Å². The van der Waals surface area contributed by atoms with Gasteiger partial charge in [0.15, 0.2) is 4.90 Å². The molecule has 0 saturated heterocycles. The van der Waals surface area contributed by atoms with E-state index in [9.17, 15) is 23.6 Å². The van der Waals surface area contributed by atoms with Gasteiger partial charge >= 0.3 is 0 Å². The Hall–Kier alpha value is -1.71. The number of hydrogen-bond acceptors (Lipinski definition) is 6. The van der Waals surface area contributed by atoms with E-state index in [1.807, 2.05) is 0 Å². The average molecular weight is 303 g/mol. The summed E-state index contributed by atoms with van der Waals surface area (Å²) in [5.41, 5.74) is 3.86. The predicted molar refractivity (Wildman–Crippen MR) is 73.6 cm³/mol. The predicted octanol–water partition coefficient (Wildman–Crippen LogP) is 0.568. The van der Waals surface area contributed by atoms with Crippen molar-refractivity contribution in [1.82, 2.24) is 4.31 Å². The molecule has 1 aromatic rings. The maximum Gasteiger partial charge on any atom is 0.291 e. The number of nitrogen functional groups attached to an aromatic ring is 1. The summed E-state index contributed by atoms with van der Waals surface area (Å²) >= 11 is 0. The van der Waals surface area contributed by atoms with Crippen molar-refractivity contribution in [3.8, 4) is 0 Å². The minimum atomic E-state index is -4.13. The summed E-state index contributed by atoms with van der Waals surface area (Å²) in [6.45, 7) is 2.59. The highest BCUT2D eigenvalue weighted by atomic mass is 32.2. The van der Waals surface area contributed by atoms with Crippen molar-refractivity contribution in [3.05, 3.63) is 28.3 Å². The molecular weight excluding hydrogens is 286 g/mol. The van der Waals surface area contributed by atoms with Crippen LogP contribution in [0.1, 0.15) is 13.8 Å². The molecule has 9 heteroatoms. The normalized spacial score (nSPS) is 12.7. The Morgan fingerprint density at radius 3 is 2.45 bits per heavy atom. The molecule has 0 radical (unpaired) electrons. The first-order valence-corrected chi connectivity index (χ1v) is 7.12. The Bertz CT molecular complexity index is 627. The Morgan fingerprint density at radius 2 is 2.00 bits per heavy atom. The van der Waals surface area contributed by atoms with Gasteiger partial charge < -0.3 is 10.8 Å². The van der Waals surface area contributed by atoms with Gasteiger partial charge in [0.05, 0.1) is 17.1 Å². The number of rotatable bonds is 5. The van der Waals surface area contributed by atoms with E-state index in [1.165, 1.54) is 27.0 Å². The van der Waals surface area contributed by atoms with Crippen molar-refractivity contribution in [1.29, 1.82) is 0 Å². The second-order valence-electron chi connectivity index (χ2n) is 4.93. The first kappa shape index (κ1) is 16.3. The molecule has 0 amide bonds. The van der Waals surface area contributed by atoms with Crippen LogP contribution in [0.3, 0.4) is 0 Å². The van der Waals surface area contributed by atoms with Gasteiger partial charge in [0, 0.05) is 18.8 Å². The molecule has 0 spiro atoms. The van der Waals surface area contributed by atoms with E-state index in [2.05, 4.69) is 0 Å². The monoisotopic (exact) mass is 303 g/mol. The zero-order valence-electron chi connectivity index (χ0n) is 11.4. The lowest BCUT2D eigenvalue weighted by Gasteiger charge is -2.32. The largest absolute Gasteiger partial charge is 0.399 e. The minimum Gasteiger partial charge on any atom is -0.399 e. The number of sulfonamides is 1. The Labute approximate surface area is 117 Å². The molecule has 0 aromatic heterocycles. The number of aliphatic hydroxyl groups excluding tert-OH is 1. The fourth-order valence-corrected chi connectivity index (χ4v) is 3.11. The molecule has 0 fully saturated rings. The molecule has 0 aliphatic rings. The number of benzene rings is 1. The molecule has 112 valence electrons. The zero-order valence-corrected chi connectivity index (χ0v) is 12.2. The smallest absolute Gasteiger partial charge is 0.291 e. The summed E-state index contributed by atoms with van der Waals surface area (Å²) in [6.07, 6.45) is 0. The molecule has 8 nitrogen and oxygen atoms in total. The van der Waals surface area contributed by atoms with Crippen molar-refractivity contribution in [2.75, 3.05) is 19.4 Å². The summed E-state index contributed by atoms with van der Waals surface area (Å²) in [5, 5.41) is 20.2. The van der Waals surface area contributed by atoms with Crippen LogP contribution >= 0.6 is 0 Å². The second-order valence-corrected chi connectivity index (χ2v) is 6.87. The van der Waals surface area contributed by atoms with Gasteiger partial charge in [-0.05, 0) is 26.0 Å². The number of hydrogen-bond donors (Lipinski definition) is 2. The van der Waals surface area contributed by atoms with Gasteiger partial charge in [0.25, 0.3) is 5.69 Å². The van der Waals surface area contributed by atoms with Crippen LogP contribution in [0.15, 0.2) is 23.1 Å².